The van der Waals surface area contributed by atoms with Gasteiger partial charge in [0.25, 0.3) is 0 Å². The van der Waals surface area contributed by atoms with E-state index < -0.39 is 0 Å². The first-order valence-electron chi connectivity index (χ1n) is 10.8. The lowest BCUT2D eigenvalue weighted by atomic mass is 9.92. The highest BCUT2D eigenvalue weighted by Crippen LogP contribution is 2.42. The Bertz CT molecular complexity index is 1710. The van der Waals surface area contributed by atoms with E-state index in [0.29, 0.717) is 6.61 Å². The Kier molecular flexibility index (Phi) is 3.40. The molecule has 0 saturated carbocycles. The number of hydrogen-bond donors (Lipinski definition) is 2. The van der Waals surface area contributed by atoms with Crippen LogP contribution in [0.1, 0.15) is 17.2 Å². The van der Waals surface area contributed by atoms with Crippen molar-refractivity contribution in [3.05, 3.63) is 77.9 Å². The molecule has 1 aliphatic rings. The Balaban J connectivity index is 1.34. The number of ether oxygens (including phenoxy) is 1. The molecule has 0 radical (unpaired) electrons. The van der Waals surface area contributed by atoms with Crippen molar-refractivity contribution in [1.29, 1.82) is 0 Å². The van der Waals surface area contributed by atoms with Crippen LogP contribution in [-0.2, 0) is 6.61 Å². The molecule has 4 aromatic carbocycles. The van der Waals surface area contributed by atoms with Crippen LogP contribution < -0.4 is 4.74 Å². The van der Waals surface area contributed by atoms with Gasteiger partial charge in [0.2, 0.25) is 0 Å². The van der Waals surface area contributed by atoms with E-state index in [-0.39, 0.29) is 0 Å². The maximum atomic E-state index is 6.19. The van der Waals surface area contributed by atoms with Crippen molar-refractivity contribution in [2.45, 2.75) is 20.5 Å². The normalized spacial score (nSPS) is 12.8. The Labute approximate surface area is 184 Å². The summed E-state index contributed by atoms with van der Waals surface area (Å²) in [5.74, 6) is 2.71. The van der Waals surface area contributed by atoms with Crippen LogP contribution in [0, 0.1) is 13.8 Å². The first-order chi connectivity index (χ1) is 15.6. The predicted octanol–water partition coefficient (Wildman–Crippen LogP) is 6.44. The molecule has 154 valence electrons. The van der Waals surface area contributed by atoms with Crippen molar-refractivity contribution in [2.24, 2.45) is 0 Å². The average molecular weight is 416 g/mol. The Morgan fingerprint density at radius 2 is 1.41 bits per heavy atom. The molecular formula is C27H20N4O. The standard InChI is InChI=1S/C27H20N4O/c1-14-28-23-9-5-18-11-16(4-7-21(18)25(23)30-14)17-3-6-20-19(12-17)13-32-27-22(20)8-10-24-26(27)31-15(2)29-24/h3-12H,13H2,1-2H3,(H,28,30)(H,29,31). The largest absolute Gasteiger partial charge is 0.486 e. The summed E-state index contributed by atoms with van der Waals surface area (Å²) in [6.07, 6.45) is 0. The van der Waals surface area contributed by atoms with Gasteiger partial charge < -0.3 is 14.7 Å². The van der Waals surface area contributed by atoms with E-state index in [4.69, 9.17) is 4.74 Å². The van der Waals surface area contributed by atoms with Crippen LogP contribution in [0.4, 0.5) is 0 Å². The van der Waals surface area contributed by atoms with Gasteiger partial charge in [-0.3, -0.25) is 0 Å². The molecule has 1 aliphatic heterocycles. The molecule has 2 N–H and O–H groups in total. The maximum Gasteiger partial charge on any atom is 0.155 e. The third-order valence-corrected chi connectivity index (χ3v) is 6.41. The summed E-state index contributed by atoms with van der Waals surface area (Å²) in [5, 5.41) is 2.36. The van der Waals surface area contributed by atoms with E-state index in [1.54, 1.807) is 0 Å². The molecule has 0 unspecified atom stereocenters. The van der Waals surface area contributed by atoms with E-state index >= 15 is 0 Å². The molecule has 0 spiro atoms. The quantitative estimate of drug-likeness (QED) is 0.324. The second kappa shape index (κ2) is 6.20. The molecule has 7 rings (SSSR count). The van der Waals surface area contributed by atoms with Crippen LogP contribution in [0.5, 0.6) is 5.75 Å². The van der Waals surface area contributed by atoms with Crippen LogP contribution in [0.25, 0.3) is 55.1 Å². The molecule has 0 atom stereocenters. The number of rotatable bonds is 1. The van der Waals surface area contributed by atoms with Gasteiger partial charge in [-0.1, -0.05) is 30.3 Å². The lowest BCUT2D eigenvalue weighted by Gasteiger charge is -2.22. The zero-order chi connectivity index (χ0) is 21.4. The monoisotopic (exact) mass is 416 g/mol. The molecule has 0 aliphatic carbocycles. The highest BCUT2D eigenvalue weighted by atomic mass is 16.5. The molecule has 0 amide bonds. The van der Waals surface area contributed by atoms with Gasteiger partial charge >= 0.3 is 0 Å². The van der Waals surface area contributed by atoms with Crippen LogP contribution >= 0.6 is 0 Å². The lowest BCUT2D eigenvalue weighted by molar-refractivity contribution is 0.305. The molecule has 0 saturated heterocycles. The summed E-state index contributed by atoms with van der Waals surface area (Å²) < 4.78 is 6.19. The van der Waals surface area contributed by atoms with Gasteiger partial charge in [0, 0.05) is 10.9 Å². The highest BCUT2D eigenvalue weighted by Gasteiger charge is 2.21. The number of fused-ring (bicyclic) bond motifs is 8. The minimum absolute atomic E-state index is 0.544. The second-order valence-corrected chi connectivity index (χ2v) is 8.54. The number of aryl methyl sites for hydroxylation is 2. The molecule has 5 heteroatoms. The number of imidazole rings is 2. The SMILES string of the molecule is Cc1nc2c3c(ccc2[nH]1)-c1ccc(-c2ccc4c(ccc5[nH]c(C)nc54)c2)cc1CO3. The summed E-state index contributed by atoms with van der Waals surface area (Å²) in [4.78, 5) is 15.9. The third-order valence-electron chi connectivity index (χ3n) is 6.41. The predicted molar refractivity (Wildman–Crippen MR) is 128 cm³/mol. The first-order valence-corrected chi connectivity index (χ1v) is 10.8. The zero-order valence-electron chi connectivity index (χ0n) is 17.8. The molecule has 32 heavy (non-hydrogen) atoms. The summed E-state index contributed by atoms with van der Waals surface area (Å²) in [7, 11) is 0. The van der Waals surface area contributed by atoms with Gasteiger partial charge in [-0.2, -0.15) is 0 Å². The maximum absolute atomic E-state index is 6.19. The smallest absolute Gasteiger partial charge is 0.155 e. The summed E-state index contributed by atoms with van der Waals surface area (Å²) >= 11 is 0. The second-order valence-electron chi connectivity index (χ2n) is 8.54. The first kappa shape index (κ1) is 17.5. The minimum Gasteiger partial charge on any atom is -0.486 e. The number of H-pyrrole nitrogens is 2. The zero-order valence-corrected chi connectivity index (χ0v) is 17.8. The summed E-state index contributed by atoms with van der Waals surface area (Å²) in [6.45, 7) is 4.51. The molecule has 5 nitrogen and oxygen atoms in total. The Morgan fingerprint density at radius 3 is 2.28 bits per heavy atom. The van der Waals surface area contributed by atoms with Crippen molar-refractivity contribution in [2.75, 3.05) is 0 Å². The van der Waals surface area contributed by atoms with Crippen molar-refractivity contribution in [1.82, 2.24) is 19.9 Å². The van der Waals surface area contributed by atoms with E-state index in [1.807, 2.05) is 13.8 Å². The van der Waals surface area contributed by atoms with Gasteiger partial charge in [-0.25, -0.2) is 9.97 Å². The van der Waals surface area contributed by atoms with Gasteiger partial charge in [0.15, 0.2) is 5.75 Å². The molecule has 6 aromatic rings. The number of benzene rings is 4. The number of aromatic nitrogens is 4. The van der Waals surface area contributed by atoms with Gasteiger partial charge in [-0.15, -0.1) is 0 Å². The molecular weight excluding hydrogens is 396 g/mol. The summed E-state index contributed by atoms with van der Waals surface area (Å²) in [5.41, 5.74) is 9.92. The van der Waals surface area contributed by atoms with Crippen molar-refractivity contribution < 1.29 is 4.74 Å². The number of nitrogens with one attached hydrogen (secondary N) is 2. The fraction of sp³-hybridized carbons (Fsp3) is 0.111. The van der Waals surface area contributed by atoms with Crippen LogP contribution in [0.2, 0.25) is 0 Å². The van der Waals surface area contributed by atoms with E-state index in [0.717, 1.165) is 45.0 Å². The van der Waals surface area contributed by atoms with Crippen molar-refractivity contribution >= 4 is 32.8 Å². The van der Waals surface area contributed by atoms with Crippen LogP contribution in [-0.4, -0.2) is 19.9 Å². The molecule has 2 aromatic heterocycles. The molecule has 0 bridgehead atoms. The molecule has 0 fully saturated rings. The van der Waals surface area contributed by atoms with E-state index in [1.165, 1.54) is 33.0 Å². The fourth-order valence-corrected chi connectivity index (χ4v) is 4.94. The van der Waals surface area contributed by atoms with Crippen LogP contribution in [0.3, 0.4) is 0 Å². The fourth-order valence-electron chi connectivity index (χ4n) is 4.94. The highest BCUT2D eigenvalue weighted by molar-refractivity contribution is 6.05. The topological polar surface area (TPSA) is 66.6 Å². The summed E-state index contributed by atoms with van der Waals surface area (Å²) in [6, 6.07) is 21.7. The van der Waals surface area contributed by atoms with Gasteiger partial charge in [0.1, 0.15) is 23.8 Å². The van der Waals surface area contributed by atoms with E-state index in [2.05, 4.69) is 80.6 Å². The third kappa shape index (κ3) is 2.45. The minimum atomic E-state index is 0.544. The lowest BCUT2D eigenvalue weighted by Crippen LogP contribution is -2.06. The van der Waals surface area contributed by atoms with Crippen molar-refractivity contribution in [3.63, 3.8) is 0 Å². The Hall–Kier alpha value is -4.12. The molecule has 3 heterocycles. The number of nitrogens with zero attached hydrogens (tertiary/aromatic N) is 2. The van der Waals surface area contributed by atoms with Crippen LogP contribution in [0.15, 0.2) is 60.7 Å². The van der Waals surface area contributed by atoms with E-state index in [9.17, 15) is 0 Å². The van der Waals surface area contributed by atoms with Crippen molar-refractivity contribution in [3.8, 4) is 28.0 Å². The number of hydrogen-bond acceptors (Lipinski definition) is 3. The average Bonchev–Trinajstić information content (AvgIpc) is 3.39. The van der Waals surface area contributed by atoms with Gasteiger partial charge in [-0.05, 0) is 71.8 Å². The number of aromatic amines is 2. The Morgan fingerprint density at radius 1 is 0.719 bits per heavy atom. The van der Waals surface area contributed by atoms with Gasteiger partial charge in [0.05, 0.1) is 16.6 Å².